The normalized spacial score (nSPS) is 11.7. The highest BCUT2D eigenvalue weighted by Gasteiger charge is 2.37. The molecule has 118 valence electrons. The standard InChI is InChI=1S/C13H13F3N4O2/c1-3-19-12(13(14,15)16)17-11(18-19)7-9-4-5-10(20(21)22)8(2)6-9/h4-6H,3,7H2,1-2H3. The van der Waals surface area contributed by atoms with Gasteiger partial charge in [-0.15, -0.1) is 0 Å². The maximum absolute atomic E-state index is 12.8. The average molecular weight is 314 g/mol. The molecule has 22 heavy (non-hydrogen) atoms. The molecule has 2 aromatic rings. The van der Waals surface area contributed by atoms with Crippen molar-refractivity contribution in [2.45, 2.75) is 33.0 Å². The number of aryl methyl sites for hydroxylation is 2. The summed E-state index contributed by atoms with van der Waals surface area (Å²) in [6.07, 6.45) is -4.48. The number of alkyl halides is 3. The molecule has 1 aromatic carbocycles. The third kappa shape index (κ3) is 3.23. The zero-order valence-electron chi connectivity index (χ0n) is 11.9. The second-order valence-corrected chi connectivity index (χ2v) is 4.72. The highest BCUT2D eigenvalue weighted by Crippen LogP contribution is 2.28. The van der Waals surface area contributed by atoms with E-state index in [4.69, 9.17) is 0 Å². The third-order valence-electron chi connectivity index (χ3n) is 3.09. The van der Waals surface area contributed by atoms with Crippen molar-refractivity contribution in [2.75, 3.05) is 0 Å². The molecule has 0 spiro atoms. The van der Waals surface area contributed by atoms with Crippen LogP contribution in [0.2, 0.25) is 0 Å². The summed E-state index contributed by atoms with van der Waals surface area (Å²) in [5, 5.41) is 14.6. The molecule has 0 atom stereocenters. The van der Waals surface area contributed by atoms with E-state index in [0.29, 0.717) is 11.1 Å². The van der Waals surface area contributed by atoms with Crippen LogP contribution in [0.3, 0.4) is 0 Å². The Balaban J connectivity index is 2.30. The molecule has 0 aliphatic heterocycles. The zero-order chi connectivity index (χ0) is 16.5. The highest BCUT2D eigenvalue weighted by atomic mass is 19.4. The van der Waals surface area contributed by atoms with Gasteiger partial charge >= 0.3 is 6.18 Å². The van der Waals surface area contributed by atoms with Crippen molar-refractivity contribution in [3.63, 3.8) is 0 Å². The molecule has 0 N–H and O–H groups in total. The van der Waals surface area contributed by atoms with E-state index < -0.39 is 16.9 Å². The number of hydrogen-bond acceptors (Lipinski definition) is 4. The van der Waals surface area contributed by atoms with E-state index in [1.165, 1.54) is 12.1 Å². The van der Waals surface area contributed by atoms with Crippen molar-refractivity contribution < 1.29 is 18.1 Å². The number of nitro benzene ring substituents is 1. The molecule has 0 aliphatic carbocycles. The summed E-state index contributed by atoms with van der Waals surface area (Å²) >= 11 is 0. The van der Waals surface area contributed by atoms with Crippen LogP contribution in [-0.2, 0) is 19.1 Å². The van der Waals surface area contributed by atoms with Crippen molar-refractivity contribution >= 4 is 5.69 Å². The smallest absolute Gasteiger partial charge is 0.258 e. The van der Waals surface area contributed by atoms with E-state index in [1.807, 2.05) is 0 Å². The molecule has 0 saturated carbocycles. The molecule has 6 nitrogen and oxygen atoms in total. The Bertz CT molecular complexity index is 710. The van der Waals surface area contributed by atoms with Gasteiger partial charge in [-0.25, -0.2) is 9.67 Å². The van der Waals surface area contributed by atoms with Gasteiger partial charge in [0.1, 0.15) is 0 Å². The second kappa shape index (κ2) is 5.74. The van der Waals surface area contributed by atoms with E-state index in [2.05, 4.69) is 10.1 Å². The first kappa shape index (κ1) is 15.9. The number of nitrogens with zero attached hydrogens (tertiary/aromatic N) is 4. The number of nitro groups is 1. The first-order chi connectivity index (χ1) is 10.2. The molecule has 0 saturated heterocycles. The minimum atomic E-state index is -4.56. The van der Waals surface area contributed by atoms with Crippen molar-refractivity contribution in [1.82, 2.24) is 14.8 Å². The first-order valence-electron chi connectivity index (χ1n) is 6.47. The summed E-state index contributed by atoms with van der Waals surface area (Å²) in [7, 11) is 0. The van der Waals surface area contributed by atoms with E-state index in [1.54, 1.807) is 19.9 Å². The fourth-order valence-electron chi connectivity index (χ4n) is 2.11. The van der Waals surface area contributed by atoms with E-state index in [0.717, 1.165) is 4.68 Å². The van der Waals surface area contributed by atoms with Crippen LogP contribution in [0.25, 0.3) is 0 Å². The number of benzene rings is 1. The Kier molecular flexibility index (Phi) is 4.16. The lowest BCUT2D eigenvalue weighted by Crippen LogP contribution is -2.15. The third-order valence-corrected chi connectivity index (χ3v) is 3.09. The summed E-state index contributed by atoms with van der Waals surface area (Å²) in [6, 6.07) is 4.37. The van der Waals surface area contributed by atoms with Gasteiger partial charge in [0.25, 0.3) is 5.69 Å². The van der Waals surface area contributed by atoms with E-state index in [9.17, 15) is 23.3 Å². The Morgan fingerprint density at radius 3 is 2.50 bits per heavy atom. The van der Waals surface area contributed by atoms with Gasteiger partial charge in [-0.2, -0.15) is 18.3 Å². The number of aromatic nitrogens is 3. The van der Waals surface area contributed by atoms with E-state index in [-0.39, 0.29) is 24.5 Å². The van der Waals surface area contributed by atoms with Gasteiger partial charge in [0.2, 0.25) is 5.82 Å². The zero-order valence-corrected chi connectivity index (χ0v) is 11.9. The quantitative estimate of drug-likeness (QED) is 0.642. The Morgan fingerprint density at radius 2 is 2.05 bits per heavy atom. The van der Waals surface area contributed by atoms with Crippen molar-refractivity contribution in [3.8, 4) is 0 Å². The first-order valence-corrected chi connectivity index (χ1v) is 6.47. The van der Waals surface area contributed by atoms with Crippen LogP contribution in [0.1, 0.15) is 29.7 Å². The van der Waals surface area contributed by atoms with Crippen molar-refractivity contribution in [2.24, 2.45) is 0 Å². The summed E-state index contributed by atoms with van der Waals surface area (Å²) in [5.41, 5.74) is 1.02. The van der Waals surface area contributed by atoms with Crippen LogP contribution in [0.5, 0.6) is 0 Å². The van der Waals surface area contributed by atoms with Crippen LogP contribution in [0.4, 0.5) is 18.9 Å². The van der Waals surface area contributed by atoms with Crippen LogP contribution in [0, 0.1) is 17.0 Å². The number of hydrogen-bond donors (Lipinski definition) is 0. The molecule has 2 rings (SSSR count). The predicted molar refractivity (Wildman–Crippen MR) is 71.3 cm³/mol. The summed E-state index contributed by atoms with van der Waals surface area (Å²) < 4.78 is 39.2. The Morgan fingerprint density at radius 1 is 1.36 bits per heavy atom. The minimum Gasteiger partial charge on any atom is -0.258 e. The molecule has 0 amide bonds. The van der Waals surface area contributed by atoms with E-state index >= 15 is 0 Å². The lowest BCUT2D eigenvalue weighted by Gasteiger charge is -2.05. The van der Waals surface area contributed by atoms with Gasteiger partial charge in [0.15, 0.2) is 5.82 Å². The molecule has 1 heterocycles. The van der Waals surface area contributed by atoms with Gasteiger partial charge in [-0.1, -0.05) is 6.07 Å². The summed E-state index contributed by atoms with van der Waals surface area (Å²) in [6.45, 7) is 3.17. The molecule has 9 heteroatoms. The van der Waals surface area contributed by atoms with Gasteiger partial charge in [0, 0.05) is 24.6 Å². The van der Waals surface area contributed by atoms with Crippen molar-refractivity contribution in [3.05, 3.63) is 51.1 Å². The molecular weight excluding hydrogens is 301 g/mol. The summed E-state index contributed by atoms with van der Waals surface area (Å²) in [4.78, 5) is 13.8. The molecule has 0 radical (unpaired) electrons. The molecular formula is C13H13F3N4O2. The highest BCUT2D eigenvalue weighted by molar-refractivity contribution is 5.42. The number of halogens is 3. The minimum absolute atomic E-state index is 0.0300. The molecule has 0 fully saturated rings. The maximum atomic E-state index is 12.8. The second-order valence-electron chi connectivity index (χ2n) is 4.72. The summed E-state index contributed by atoms with van der Waals surface area (Å²) in [5.74, 6) is -1.01. The fourth-order valence-corrected chi connectivity index (χ4v) is 2.11. The van der Waals surface area contributed by atoms with Crippen LogP contribution in [-0.4, -0.2) is 19.7 Å². The van der Waals surface area contributed by atoms with Crippen LogP contribution >= 0.6 is 0 Å². The Labute approximate surface area is 123 Å². The predicted octanol–water partition coefficient (Wildman–Crippen LogP) is 3.12. The average Bonchev–Trinajstić information content (AvgIpc) is 2.81. The molecule has 0 aliphatic rings. The fraction of sp³-hybridized carbons (Fsp3) is 0.385. The lowest BCUT2D eigenvalue weighted by atomic mass is 10.1. The van der Waals surface area contributed by atoms with Gasteiger partial charge in [0.05, 0.1) is 4.92 Å². The molecule has 0 unspecified atom stereocenters. The maximum Gasteiger partial charge on any atom is 0.451 e. The molecule has 0 bridgehead atoms. The van der Waals surface area contributed by atoms with Crippen molar-refractivity contribution in [1.29, 1.82) is 0 Å². The number of rotatable bonds is 4. The lowest BCUT2D eigenvalue weighted by molar-refractivity contribution is -0.385. The largest absolute Gasteiger partial charge is 0.451 e. The van der Waals surface area contributed by atoms with Gasteiger partial charge < -0.3 is 0 Å². The SMILES string of the molecule is CCn1nc(Cc2ccc([N+](=O)[O-])c(C)c2)nc1C(F)(F)F. The monoisotopic (exact) mass is 314 g/mol. The Hall–Kier alpha value is -2.45. The van der Waals surface area contributed by atoms with Crippen LogP contribution in [0.15, 0.2) is 18.2 Å². The molecule has 1 aromatic heterocycles. The van der Waals surface area contributed by atoms with Gasteiger partial charge in [-0.3, -0.25) is 10.1 Å². The van der Waals surface area contributed by atoms with Crippen LogP contribution < -0.4 is 0 Å². The topological polar surface area (TPSA) is 73.8 Å². The van der Waals surface area contributed by atoms with Gasteiger partial charge in [-0.05, 0) is 25.5 Å².